The fourth-order valence-electron chi connectivity index (χ4n) is 2.75. The summed E-state index contributed by atoms with van der Waals surface area (Å²) in [6.07, 6.45) is 4.52. The van der Waals surface area contributed by atoms with Crippen LogP contribution in [0, 0.1) is 10.1 Å². The van der Waals surface area contributed by atoms with E-state index in [2.05, 4.69) is 5.32 Å². The summed E-state index contributed by atoms with van der Waals surface area (Å²) in [5, 5.41) is 14.2. The highest BCUT2D eigenvalue weighted by Gasteiger charge is 2.22. The first-order valence-corrected chi connectivity index (χ1v) is 8.85. The Balaban J connectivity index is 2.36. The van der Waals surface area contributed by atoms with Crippen LogP contribution in [0.4, 0.5) is 11.4 Å². The Hall–Kier alpha value is -3.48. The number of benzene rings is 2. The normalized spacial score (nSPS) is 10.7. The third kappa shape index (κ3) is 4.82. The van der Waals surface area contributed by atoms with Gasteiger partial charge in [0.1, 0.15) is 5.69 Å². The van der Waals surface area contributed by atoms with Gasteiger partial charge in [-0.15, -0.1) is 0 Å². The molecular weight excluding hydrogens is 358 g/mol. The van der Waals surface area contributed by atoms with Gasteiger partial charge in [-0.05, 0) is 31.5 Å². The number of carbonyl (C=O) groups excluding carboxylic acids is 2. The lowest BCUT2D eigenvalue weighted by molar-refractivity contribution is -0.384. The van der Waals surface area contributed by atoms with Crippen molar-refractivity contribution in [2.24, 2.45) is 0 Å². The molecule has 2 aromatic carbocycles. The molecule has 0 spiro atoms. The zero-order valence-electron chi connectivity index (χ0n) is 16.1. The van der Waals surface area contributed by atoms with E-state index in [1.165, 1.54) is 18.2 Å². The molecule has 7 nitrogen and oxygen atoms in total. The molecule has 1 N–H and O–H groups in total. The average Bonchev–Trinajstić information content (AvgIpc) is 2.69. The summed E-state index contributed by atoms with van der Waals surface area (Å²) in [6.45, 7) is 2.35. The minimum Gasteiger partial charge on any atom is -0.372 e. The van der Waals surface area contributed by atoms with E-state index in [4.69, 9.17) is 0 Å². The maximum Gasteiger partial charge on any atom is 0.293 e. The fraction of sp³-hybridized carbons (Fsp3) is 0.238. The first-order chi connectivity index (χ1) is 13.4. The molecule has 28 heavy (non-hydrogen) atoms. The van der Waals surface area contributed by atoms with Gasteiger partial charge in [-0.1, -0.05) is 30.4 Å². The van der Waals surface area contributed by atoms with Gasteiger partial charge in [-0.2, -0.15) is 0 Å². The highest BCUT2D eigenvalue weighted by Crippen LogP contribution is 2.29. The second-order valence-electron chi connectivity index (χ2n) is 6.34. The molecule has 0 unspecified atom stereocenters. The third-order valence-corrected chi connectivity index (χ3v) is 4.16. The summed E-state index contributed by atoms with van der Waals surface area (Å²) >= 11 is 0. The van der Waals surface area contributed by atoms with Gasteiger partial charge >= 0.3 is 0 Å². The zero-order valence-corrected chi connectivity index (χ0v) is 16.1. The molecule has 146 valence electrons. The molecular formula is C21H23N3O4. The van der Waals surface area contributed by atoms with Crippen molar-refractivity contribution in [3.63, 3.8) is 0 Å². The summed E-state index contributed by atoms with van der Waals surface area (Å²) in [6, 6.07) is 10.8. The maximum atomic E-state index is 13.0. The van der Waals surface area contributed by atoms with Crippen molar-refractivity contribution in [2.45, 2.75) is 13.3 Å². The van der Waals surface area contributed by atoms with Crippen molar-refractivity contribution in [3.8, 4) is 0 Å². The quantitative estimate of drug-likeness (QED) is 0.248. The second kappa shape index (κ2) is 9.45. The first kappa shape index (κ1) is 20.8. The number of nitro groups is 1. The van der Waals surface area contributed by atoms with Crippen molar-refractivity contribution in [1.82, 2.24) is 5.32 Å². The predicted octanol–water partition coefficient (Wildman–Crippen LogP) is 3.59. The smallest absolute Gasteiger partial charge is 0.293 e. The number of rotatable bonds is 8. The summed E-state index contributed by atoms with van der Waals surface area (Å²) in [4.78, 5) is 37.9. The Kier molecular flexibility index (Phi) is 7.03. The highest BCUT2D eigenvalue weighted by molar-refractivity contribution is 6.15. The van der Waals surface area contributed by atoms with Crippen LogP contribution in [0.15, 0.2) is 54.6 Å². The lowest BCUT2D eigenvalue weighted by Crippen LogP contribution is -2.26. The molecule has 0 aliphatic rings. The molecule has 0 saturated carbocycles. The van der Waals surface area contributed by atoms with Gasteiger partial charge in [-0.25, -0.2) is 0 Å². The molecule has 0 saturated heterocycles. The molecule has 0 fully saturated rings. The molecule has 0 bridgehead atoms. The number of nitrogens with one attached hydrogen (secondary N) is 1. The van der Waals surface area contributed by atoms with E-state index in [0.717, 1.165) is 0 Å². The minimum atomic E-state index is -0.522. The molecule has 2 aromatic rings. The van der Waals surface area contributed by atoms with Crippen LogP contribution in [0.3, 0.4) is 0 Å². The van der Waals surface area contributed by atoms with Crippen LogP contribution >= 0.6 is 0 Å². The van der Waals surface area contributed by atoms with E-state index in [0.29, 0.717) is 18.7 Å². The number of anilines is 1. The van der Waals surface area contributed by atoms with Crippen LogP contribution in [0.5, 0.6) is 0 Å². The van der Waals surface area contributed by atoms with Crippen molar-refractivity contribution in [3.05, 3.63) is 81.4 Å². The van der Waals surface area contributed by atoms with Gasteiger partial charge in [-0.3, -0.25) is 19.7 Å². The number of allylic oxidation sites excluding steroid dienone is 1. The van der Waals surface area contributed by atoms with Gasteiger partial charge in [0.25, 0.3) is 11.6 Å². The molecule has 2 rings (SSSR count). The van der Waals surface area contributed by atoms with Gasteiger partial charge < -0.3 is 10.2 Å². The number of nitrogens with zero attached hydrogens (tertiary/aromatic N) is 2. The highest BCUT2D eigenvalue weighted by atomic mass is 16.6. The molecule has 0 atom stereocenters. The number of hydrogen-bond acceptors (Lipinski definition) is 5. The minimum absolute atomic E-state index is 0.159. The Labute approximate surface area is 163 Å². The Bertz CT molecular complexity index is 920. The zero-order chi connectivity index (χ0) is 20.7. The van der Waals surface area contributed by atoms with E-state index in [1.54, 1.807) is 43.3 Å². The summed E-state index contributed by atoms with van der Waals surface area (Å²) in [5.41, 5.74) is 0.845. The second-order valence-corrected chi connectivity index (χ2v) is 6.34. The number of hydrogen-bond donors (Lipinski definition) is 1. The van der Waals surface area contributed by atoms with Crippen LogP contribution in [0.1, 0.15) is 39.6 Å². The molecule has 0 radical (unpaired) electrons. The topological polar surface area (TPSA) is 92.6 Å². The van der Waals surface area contributed by atoms with Gasteiger partial charge in [0.15, 0.2) is 5.78 Å². The Morgan fingerprint density at radius 3 is 2.43 bits per heavy atom. The van der Waals surface area contributed by atoms with Gasteiger partial charge in [0, 0.05) is 37.8 Å². The maximum absolute atomic E-state index is 13.0. The lowest BCUT2D eigenvalue weighted by Gasteiger charge is -2.14. The largest absolute Gasteiger partial charge is 0.372 e. The van der Waals surface area contributed by atoms with Crippen molar-refractivity contribution < 1.29 is 14.5 Å². The average molecular weight is 381 g/mol. The summed E-state index contributed by atoms with van der Waals surface area (Å²) in [7, 11) is 3.38. The van der Waals surface area contributed by atoms with E-state index < -0.39 is 10.7 Å². The van der Waals surface area contributed by atoms with E-state index in [-0.39, 0.29) is 28.3 Å². The molecule has 7 heteroatoms. The lowest BCUT2D eigenvalue weighted by atomic mass is 9.97. The monoisotopic (exact) mass is 381 g/mol. The summed E-state index contributed by atoms with van der Waals surface area (Å²) < 4.78 is 0. The van der Waals surface area contributed by atoms with E-state index in [9.17, 15) is 19.7 Å². The van der Waals surface area contributed by atoms with Crippen molar-refractivity contribution in [2.75, 3.05) is 25.5 Å². The standard InChI is InChI=1S/C21H23N3O4/c1-4-5-8-13-22-21(26)17-10-7-6-9-16(17)20(25)15-11-12-18(23(2)3)19(14-15)24(27)28/h4-7,9-12,14H,8,13H2,1-3H3,(H,22,26)/b5-4+. The van der Waals surface area contributed by atoms with Crippen LogP contribution in [0.25, 0.3) is 0 Å². The number of carbonyl (C=O) groups is 2. The van der Waals surface area contributed by atoms with Crippen LogP contribution in [-0.2, 0) is 0 Å². The van der Waals surface area contributed by atoms with Crippen LogP contribution < -0.4 is 10.2 Å². The SMILES string of the molecule is C/C=C/CCNC(=O)c1ccccc1C(=O)c1ccc(N(C)C)c([N+](=O)[O-])c1. The number of nitro benzene ring substituents is 1. The van der Waals surface area contributed by atoms with Gasteiger partial charge in [0.05, 0.1) is 10.5 Å². The Morgan fingerprint density at radius 2 is 1.82 bits per heavy atom. The Morgan fingerprint density at radius 1 is 1.14 bits per heavy atom. The first-order valence-electron chi connectivity index (χ1n) is 8.85. The van der Waals surface area contributed by atoms with Crippen molar-refractivity contribution in [1.29, 1.82) is 0 Å². The molecule has 0 heterocycles. The van der Waals surface area contributed by atoms with E-state index >= 15 is 0 Å². The molecule has 1 amide bonds. The van der Waals surface area contributed by atoms with Crippen LogP contribution in [0.2, 0.25) is 0 Å². The predicted molar refractivity (Wildman–Crippen MR) is 109 cm³/mol. The number of amides is 1. The van der Waals surface area contributed by atoms with Crippen molar-refractivity contribution >= 4 is 23.1 Å². The van der Waals surface area contributed by atoms with E-state index in [1.807, 2.05) is 19.1 Å². The number of ketones is 1. The third-order valence-electron chi connectivity index (χ3n) is 4.16. The van der Waals surface area contributed by atoms with Crippen LogP contribution in [-0.4, -0.2) is 37.3 Å². The molecule has 0 aliphatic heterocycles. The molecule has 0 aliphatic carbocycles. The van der Waals surface area contributed by atoms with Gasteiger partial charge in [0.2, 0.25) is 0 Å². The summed E-state index contributed by atoms with van der Waals surface area (Å²) in [5.74, 6) is -0.791. The fourth-order valence-corrected chi connectivity index (χ4v) is 2.75. The molecule has 0 aromatic heterocycles.